The Morgan fingerprint density at radius 3 is 2.03 bits per heavy atom. The van der Waals surface area contributed by atoms with Crippen LogP contribution in [-0.4, -0.2) is 26.8 Å². The molecule has 0 unspecified atom stereocenters. The maximum absolute atomic E-state index is 13.2. The number of fused-ring (bicyclic) bond motifs is 1. The van der Waals surface area contributed by atoms with Crippen LogP contribution >= 0.6 is 0 Å². The van der Waals surface area contributed by atoms with Gasteiger partial charge in [0, 0.05) is 0 Å². The Balaban J connectivity index is 2.12. The van der Waals surface area contributed by atoms with E-state index in [0.717, 1.165) is 24.1 Å². The van der Waals surface area contributed by atoms with E-state index in [0.29, 0.717) is 5.69 Å². The molecule has 0 atom stereocenters. The molecule has 2 aromatic carbocycles. The van der Waals surface area contributed by atoms with Crippen molar-refractivity contribution in [1.82, 2.24) is 15.0 Å². The van der Waals surface area contributed by atoms with Gasteiger partial charge in [-0.2, -0.15) is 13.2 Å². The number of halogens is 3. The summed E-state index contributed by atoms with van der Waals surface area (Å²) in [7, 11) is 0. The van der Waals surface area contributed by atoms with Crippen LogP contribution in [0.2, 0.25) is 0 Å². The summed E-state index contributed by atoms with van der Waals surface area (Å²) in [4.78, 5) is 13.6. The summed E-state index contributed by atoms with van der Waals surface area (Å²) in [6.07, 6.45) is -4.55. The quantitative estimate of drug-likeness (QED) is 0.280. The Hall–Kier alpha value is -3.10. The monoisotopic (exact) mass is 491 g/mol. The van der Waals surface area contributed by atoms with Gasteiger partial charge in [-0.05, 0) is 73.9 Å². The standard InChI is InChI=1S/C26H32F3N3O3/c1-23(2,3)15-25(7,8)16-10-12-21(34-22(33)35-24(4,5)6)20(14-16)32-30-18-11-9-17(26(27,28)29)13-19(18)31-32/h9-14H,15H2,1-8H3. The predicted molar refractivity (Wildman–Crippen MR) is 128 cm³/mol. The third-order valence-corrected chi connectivity index (χ3v) is 5.22. The molecule has 0 saturated heterocycles. The summed E-state index contributed by atoms with van der Waals surface area (Å²) >= 11 is 0. The van der Waals surface area contributed by atoms with E-state index in [-0.39, 0.29) is 27.6 Å². The Kier molecular flexibility index (Phi) is 6.69. The molecule has 35 heavy (non-hydrogen) atoms. The van der Waals surface area contributed by atoms with Gasteiger partial charge in [0.05, 0.1) is 5.56 Å². The molecule has 6 nitrogen and oxygen atoms in total. The lowest BCUT2D eigenvalue weighted by atomic mass is 9.72. The second kappa shape index (κ2) is 8.84. The first-order chi connectivity index (χ1) is 15.8. The number of hydrogen-bond donors (Lipinski definition) is 0. The van der Waals surface area contributed by atoms with Gasteiger partial charge < -0.3 is 9.47 Å². The first kappa shape index (κ1) is 26.5. The number of rotatable bonds is 4. The SMILES string of the molecule is CC(C)(C)CC(C)(C)c1ccc(OC(=O)OC(C)(C)C)c(-n2nc3ccc(C(F)(F)F)cc3n2)c1. The van der Waals surface area contributed by atoms with Gasteiger partial charge in [-0.1, -0.05) is 40.7 Å². The van der Waals surface area contributed by atoms with Gasteiger partial charge in [0.2, 0.25) is 0 Å². The Morgan fingerprint density at radius 2 is 1.46 bits per heavy atom. The molecule has 0 aliphatic heterocycles. The zero-order valence-electron chi connectivity index (χ0n) is 21.4. The highest BCUT2D eigenvalue weighted by atomic mass is 19.4. The van der Waals surface area contributed by atoms with Gasteiger partial charge in [-0.25, -0.2) is 4.79 Å². The highest BCUT2D eigenvalue weighted by Crippen LogP contribution is 2.39. The number of aromatic nitrogens is 3. The van der Waals surface area contributed by atoms with Crippen molar-refractivity contribution < 1.29 is 27.4 Å². The molecule has 1 aromatic heterocycles. The van der Waals surface area contributed by atoms with Crippen LogP contribution in [0.15, 0.2) is 36.4 Å². The minimum Gasteiger partial charge on any atom is -0.428 e. The third kappa shape index (κ3) is 6.74. The summed E-state index contributed by atoms with van der Waals surface area (Å²) in [5.74, 6) is 0.130. The van der Waals surface area contributed by atoms with E-state index in [1.165, 1.54) is 10.9 Å². The van der Waals surface area contributed by atoms with Gasteiger partial charge in [-0.15, -0.1) is 15.0 Å². The molecule has 1 heterocycles. The van der Waals surface area contributed by atoms with Crippen molar-refractivity contribution in [2.45, 2.75) is 79.0 Å². The molecule has 190 valence electrons. The van der Waals surface area contributed by atoms with Gasteiger partial charge in [0.15, 0.2) is 5.75 Å². The van der Waals surface area contributed by atoms with E-state index in [9.17, 15) is 18.0 Å². The average Bonchev–Trinajstić information content (AvgIpc) is 3.07. The van der Waals surface area contributed by atoms with E-state index in [1.54, 1.807) is 32.9 Å². The Morgan fingerprint density at radius 1 is 0.857 bits per heavy atom. The summed E-state index contributed by atoms with van der Waals surface area (Å²) in [5, 5.41) is 8.62. The van der Waals surface area contributed by atoms with Crippen LogP contribution in [0.5, 0.6) is 5.75 Å². The summed E-state index contributed by atoms with van der Waals surface area (Å²) in [5.41, 5.74) is -0.185. The molecule has 0 spiro atoms. The molecular weight excluding hydrogens is 459 g/mol. The molecule has 3 aromatic rings. The molecule has 0 fully saturated rings. The number of nitrogens with zero attached hydrogens (tertiary/aromatic N) is 3. The van der Waals surface area contributed by atoms with E-state index >= 15 is 0 Å². The third-order valence-electron chi connectivity index (χ3n) is 5.22. The molecule has 0 bridgehead atoms. The van der Waals surface area contributed by atoms with Crippen LogP contribution in [0.1, 0.15) is 72.9 Å². The van der Waals surface area contributed by atoms with E-state index in [4.69, 9.17) is 9.47 Å². The highest BCUT2D eigenvalue weighted by Gasteiger charge is 2.32. The van der Waals surface area contributed by atoms with Crippen LogP contribution in [0.3, 0.4) is 0 Å². The van der Waals surface area contributed by atoms with Gasteiger partial charge >= 0.3 is 12.3 Å². The van der Waals surface area contributed by atoms with Crippen LogP contribution in [0.25, 0.3) is 16.7 Å². The fourth-order valence-electron chi connectivity index (χ4n) is 4.17. The zero-order valence-corrected chi connectivity index (χ0v) is 21.4. The van der Waals surface area contributed by atoms with Gasteiger partial charge in [0.1, 0.15) is 22.3 Å². The van der Waals surface area contributed by atoms with E-state index in [1.807, 2.05) is 6.07 Å². The normalized spacial score (nSPS) is 13.2. The number of ether oxygens (including phenoxy) is 2. The minimum atomic E-state index is -4.50. The number of carbonyl (C=O) groups excluding carboxylic acids is 1. The zero-order chi connectivity index (χ0) is 26.4. The van der Waals surface area contributed by atoms with Crippen molar-refractivity contribution in [3.8, 4) is 11.4 Å². The minimum absolute atomic E-state index is 0.0436. The molecule has 0 radical (unpaired) electrons. The first-order valence-corrected chi connectivity index (χ1v) is 11.3. The topological polar surface area (TPSA) is 66.2 Å². The fraction of sp³-hybridized carbons (Fsp3) is 0.500. The second-order valence-electron chi connectivity index (χ2n) is 11.6. The lowest BCUT2D eigenvalue weighted by Gasteiger charge is -2.33. The largest absolute Gasteiger partial charge is 0.514 e. The van der Waals surface area contributed by atoms with Crippen molar-refractivity contribution >= 4 is 17.2 Å². The summed E-state index contributed by atoms with van der Waals surface area (Å²) in [6.45, 7) is 15.8. The highest BCUT2D eigenvalue weighted by molar-refractivity contribution is 5.75. The molecule has 0 amide bonds. The van der Waals surface area contributed by atoms with Crippen molar-refractivity contribution in [3.63, 3.8) is 0 Å². The van der Waals surface area contributed by atoms with Crippen LogP contribution in [0.4, 0.5) is 18.0 Å². The van der Waals surface area contributed by atoms with Crippen molar-refractivity contribution in [2.24, 2.45) is 5.41 Å². The van der Waals surface area contributed by atoms with Crippen molar-refractivity contribution in [3.05, 3.63) is 47.5 Å². The maximum atomic E-state index is 13.2. The number of alkyl halides is 3. The number of carbonyl (C=O) groups is 1. The molecule has 0 aliphatic rings. The van der Waals surface area contributed by atoms with Crippen LogP contribution in [-0.2, 0) is 16.3 Å². The van der Waals surface area contributed by atoms with Crippen LogP contribution < -0.4 is 4.74 Å². The number of hydrogen-bond acceptors (Lipinski definition) is 5. The second-order valence-corrected chi connectivity index (χ2v) is 11.6. The summed E-state index contributed by atoms with van der Waals surface area (Å²) < 4.78 is 50.3. The predicted octanol–water partition coefficient (Wildman–Crippen LogP) is 7.47. The van der Waals surface area contributed by atoms with Gasteiger partial charge in [-0.3, -0.25) is 0 Å². The van der Waals surface area contributed by atoms with Crippen LogP contribution in [0, 0.1) is 5.41 Å². The van der Waals surface area contributed by atoms with Crippen molar-refractivity contribution in [2.75, 3.05) is 0 Å². The van der Waals surface area contributed by atoms with E-state index < -0.39 is 23.5 Å². The fourth-order valence-corrected chi connectivity index (χ4v) is 4.17. The molecule has 0 aliphatic carbocycles. The molecule has 0 saturated carbocycles. The Bertz CT molecular complexity index is 1230. The molecular formula is C26H32F3N3O3. The van der Waals surface area contributed by atoms with Gasteiger partial charge in [0.25, 0.3) is 0 Å². The average molecular weight is 492 g/mol. The number of benzene rings is 2. The molecule has 0 N–H and O–H groups in total. The smallest absolute Gasteiger partial charge is 0.428 e. The lowest BCUT2D eigenvalue weighted by molar-refractivity contribution is -0.137. The summed E-state index contributed by atoms with van der Waals surface area (Å²) in [6, 6.07) is 8.47. The molecule has 9 heteroatoms. The maximum Gasteiger partial charge on any atom is 0.514 e. The van der Waals surface area contributed by atoms with E-state index in [2.05, 4.69) is 44.8 Å². The van der Waals surface area contributed by atoms with Crippen molar-refractivity contribution in [1.29, 1.82) is 0 Å². The molecule has 3 rings (SSSR count). The lowest BCUT2D eigenvalue weighted by Crippen LogP contribution is -2.27. The first-order valence-electron chi connectivity index (χ1n) is 11.3. The Labute approximate surface area is 203 Å².